The number of carbonyl (C=O) groups excluding carboxylic acids is 1. The van der Waals surface area contributed by atoms with Gasteiger partial charge in [-0.2, -0.15) is 5.10 Å². The molecule has 0 fully saturated rings. The Balaban J connectivity index is 1.58. The van der Waals surface area contributed by atoms with Crippen LogP contribution in [0.3, 0.4) is 0 Å². The first-order valence-electron chi connectivity index (χ1n) is 10.1. The first-order chi connectivity index (χ1) is 15.7. The van der Waals surface area contributed by atoms with Crippen molar-refractivity contribution >= 4 is 38.9 Å². The normalized spacial score (nSPS) is 11.2. The van der Waals surface area contributed by atoms with Crippen LogP contribution in [0.15, 0.2) is 83.8 Å². The van der Waals surface area contributed by atoms with Crippen LogP contribution in [0.4, 0.5) is 11.4 Å². The van der Waals surface area contributed by atoms with Crippen molar-refractivity contribution in [2.45, 2.75) is 18.7 Å². The largest absolute Gasteiger partial charge is 0.321 e. The molecule has 2 N–H and O–H groups in total. The second-order valence-electron chi connectivity index (χ2n) is 7.44. The molecule has 4 rings (SSSR count). The number of halogens is 1. The predicted octanol–water partition coefficient (Wildman–Crippen LogP) is 5.20. The lowest BCUT2D eigenvalue weighted by atomic mass is 10.2. The Morgan fingerprint density at radius 1 is 0.939 bits per heavy atom. The Bertz CT molecular complexity index is 1430. The van der Waals surface area contributed by atoms with Gasteiger partial charge >= 0.3 is 0 Å². The lowest BCUT2D eigenvalue weighted by Crippen LogP contribution is -2.17. The topological polar surface area (TPSA) is 93.1 Å². The summed E-state index contributed by atoms with van der Waals surface area (Å²) >= 11 is 6.09. The minimum Gasteiger partial charge on any atom is -0.321 e. The van der Waals surface area contributed by atoms with Crippen molar-refractivity contribution in [3.05, 3.63) is 101 Å². The summed E-state index contributed by atoms with van der Waals surface area (Å²) in [6.07, 6.45) is 0. The van der Waals surface area contributed by atoms with Crippen LogP contribution >= 0.6 is 11.6 Å². The minimum absolute atomic E-state index is 0.0335. The lowest BCUT2D eigenvalue weighted by molar-refractivity contribution is 0.102. The fourth-order valence-electron chi connectivity index (χ4n) is 3.32. The third-order valence-electron chi connectivity index (χ3n) is 4.97. The van der Waals surface area contributed by atoms with Gasteiger partial charge in [0.1, 0.15) is 0 Å². The van der Waals surface area contributed by atoms with Crippen LogP contribution in [0.1, 0.15) is 21.7 Å². The summed E-state index contributed by atoms with van der Waals surface area (Å²) in [5.41, 5.74) is 2.98. The Kier molecular flexibility index (Phi) is 6.22. The maximum Gasteiger partial charge on any atom is 0.276 e. The number of aromatic nitrogens is 2. The molecule has 33 heavy (non-hydrogen) atoms. The molecule has 0 unspecified atom stereocenters. The van der Waals surface area contributed by atoms with E-state index in [4.69, 9.17) is 11.6 Å². The van der Waals surface area contributed by atoms with Gasteiger partial charge in [-0.25, -0.2) is 13.1 Å². The highest BCUT2D eigenvalue weighted by atomic mass is 35.5. The summed E-state index contributed by atoms with van der Waals surface area (Å²) in [6.45, 7) is 3.53. The van der Waals surface area contributed by atoms with E-state index in [1.54, 1.807) is 54.1 Å². The molecule has 1 amide bonds. The van der Waals surface area contributed by atoms with Crippen LogP contribution in [0.25, 0.3) is 5.69 Å². The zero-order chi connectivity index (χ0) is 23.6. The maximum atomic E-state index is 13.0. The number of anilines is 2. The van der Waals surface area contributed by atoms with Crippen LogP contribution < -0.4 is 10.0 Å². The molecular formula is C24H21ClN4O3S. The van der Waals surface area contributed by atoms with Crippen molar-refractivity contribution in [1.82, 2.24) is 9.78 Å². The summed E-state index contributed by atoms with van der Waals surface area (Å²) in [5.74, 6) is -0.445. The minimum atomic E-state index is -3.93. The van der Waals surface area contributed by atoms with E-state index in [9.17, 15) is 13.2 Å². The van der Waals surface area contributed by atoms with Crippen molar-refractivity contribution in [1.29, 1.82) is 0 Å². The zero-order valence-corrected chi connectivity index (χ0v) is 19.5. The number of nitrogens with one attached hydrogen (secondary N) is 2. The number of carbonyl (C=O) groups is 1. The Morgan fingerprint density at radius 2 is 1.64 bits per heavy atom. The van der Waals surface area contributed by atoms with E-state index in [1.807, 2.05) is 37.3 Å². The highest BCUT2D eigenvalue weighted by Crippen LogP contribution is 2.27. The summed E-state index contributed by atoms with van der Waals surface area (Å²) in [7, 11) is -3.93. The third kappa shape index (κ3) is 4.92. The van der Waals surface area contributed by atoms with Gasteiger partial charge in [-0.1, -0.05) is 48.0 Å². The van der Waals surface area contributed by atoms with E-state index in [1.165, 1.54) is 6.07 Å². The summed E-state index contributed by atoms with van der Waals surface area (Å²) < 4.78 is 30.1. The summed E-state index contributed by atoms with van der Waals surface area (Å²) in [6, 6.07) is 22.4. The molecule has 1 heterocycles. The van der Waals surface area contributed by atoms with Gasteiger partial charge in [-0.15, -0.1) is 0 Å². The molecule has 0 aliphatic heterocycles. The molecule has 0 spiro atoms. The second kappa shape index (κ2) is 9.09. The van der Waals surface area contributed by atoms with Crippen molar-refractivity contribution in [2.24, 2.45) is 0 Å². The van der Waals surface area contributed by atoms with Gasteiger partial charge in [-0.05, 0) is 61.9 Å². The molecule has 3 aromatic carbocycles. The van der Waals surface area contributed by atoms with E-state index < -0.39 is 15.9 Å². The SMILES string of the molecule is Cc1ccc(NC(=O)c2cc(C)n(-c3ccccc3)n2)cc1S(=O)(=O)Nc1ccccc1Cl. The van der Waals surface area contributed by atoms with Gasteiger partial charge in [0, 0.05) is 11.4 Å². The first kappa shape index (κ1) is 22.6. The van der Waals surface area contributed by atoms with Gasteiger partial charge in [0.15, 0.2) is 5.69 Å². The van der Waals surface area contributed by atoms with Gasteiger partial charge in [0.25, 0.3) is 15.9 Å². The number of sulfonamides is 1. The smallest absolute Gasteiger partial charge is 0.276 e. The van der Waals surface area contributed by atoms with Crippen LogP contribution in [0, 0.1) is 13.8 Å². The lowest BCUT2D eigenvalue weighted by Gasteiger charge is -2.13. The van der Waals surface area contributed by atoms with Crippen LogP contribution in [-0.4, -0.2) is 24.1 Å². The number of amides is 1. The van der Waals surface area contributed by atoms with Crippen molar-refractivity contribution in [3.8, 4) is 5.69 Å². The summed E-state index contributed by atoms with van der Waals surface area (Å²) in [5, 5.41) is 7.41. The molecule has 0 saturated heterocycles. The Labute approximate surface area is 197 Å². The molecule has 7 nitrogen and oxygen atoms in total. The number of rotatable bonds is 6. The van der Waals surface area contributed by atoms with Crippen molar-refractivity contribution in [2.75, 3.05) is 10.0 Å². The van der Waals surface area contributed by atoms with Gasteiger partial charge in [-0.3, -0.25) is 9.52 Å². The van der Waals surface area contributed by atoms with Crippen molar-refractivity contribution < 1.29 is 13.2 Å². The predicted molar refractivity (Wildman–Crippen MR) is 130 cm³/mol. The molecule has 168 valence electrons. The number of hydrogen-bond acceptors (Lipinski definition) is 4. The van der Waals surface area contributed by atoms with Crippen LogP contribution in [0.2, 0.25) is 5.02 Å². The fraction of sp³-hybridized carbons (Fsp3) is 0.0833. The molecule has 1 aromatic heterocycles. The molecule has 0 bridgehead atoms. The molecule has 0 saturated carbocycles. The number of nitrogens with zero attached hydrogens (tertiary/aromatic N) is 2. The fourth-order valence-corrected chi connectivity index (χ4v) is 4.91. The zero-order valence-electron chi connectivity index (χ0n) is 17.9. The monoisotopic (exact) mass is 480 g/mol. The molecule has 9 heteroatoms. The number of para-hydroxylation sites is 2. The Hall–Kier alpha value is -3.62. The van der Waals surface area contributed by atoms with E-state index >= 15 is 0 Å². The highest BCUT2D eigenvalue weighted by Gasteiger charge is 2.20. The molecule has 0 atom stereocenters. The third-order valence-corrected chi connectivity index (χ3v) is 6.81. The number of benzene rings is 3. The highest BCUT2D eigenvalue weighted by molar-refractivity contribution is 7.92. The number of hydrogen-bond donors (Lipinski definition) is 2. The van der Waals surface area contributed by atoms with Gasteiger partial charge in [0.2, 0.25) is 0 Å². The first-order valence-corrected chi connectivity index (χ1v) is 11.9. The average molecular weight is 481 g/mol. The molecular weight excluding hydrogens is 460 g/mol. The average Bonchev–Trinajstić information content (AvgIpc) is 3.19. The molecule has 0 aliphatic carbocycles. The van der Waals surface area contributed by atoms with Crippen LogP contribution in [0.5, 0.6) is 0 Å². The molecule has 0 radical (unpaired) electrons. The maximum absolute atomic E-state index is 13.0. The van der Waals surface area contributed by atoms with Gasteiger partial charge in [0.05, 0.1) is 21.3 Å². The Morgan fingerprint density at radius 3 is 2.36 bits per heavy atom. The summed E-state index contributed by atoms with van der Waals surface area (Å²) in [4.78, 5) is 12.9. The van der Waals surface area contributed by atoms with Crippen molar-refractivity contribution in [3.63, 3.8) is 0 Å². The van der Waals surface area contributed by atoms with E-state index in [0.29, 0.717) is 11.3 Å². The number of aryl methyl sites for hydroxylation is 2. The standard InChI is InChI=1S/C24H21ClN4O3S/c1-16-12-13-18(15-23(16)33(31,32)28-21-11-7-6-10-20(21)25)26-24(30)22-14-17(2)29(27-22)19-8-4-3-5-9-19/h3-15,28H,1-2H3,(H,26,30). The quantitative estimate of drug-likeness (QED) is 0.397. The van der Waals surface area contributed by atoms with E-state index in [2.05, 4.69) is 15.1 Å². The van der Waals surface area contributed by atoms with E-state index in [-0.39, 0.29) is 21.3 Å². The van der Waals surface area contributed by atoms with Gasteiger partial charge < -0.3 is 5.32 Å². The molecule has 4 aromatic rings. The second-order valence-corrected chi connectivity index (χ2v) is 9.50. The van der Waals surface area contributed by atoms with E-state index in [0.717, 1.165) is 11.4 Å². The molecule has 0 aliphatic rings. The van der Waals surface area contributed by atoms with Crippen LogP contribution in [-0.2, 0) is 10.0 Å².